The summed E-state index contributed by atoms with van der Waals surface area (Å²) in [6.07, 6.45) is -4.10. The van der Waals surface area contributed by atoms with Crippen molar-refractivity contribution in [1.82, 2.24) is 5.32 Å². The van der Waals surface area contributed by atoms with E-state index in [9.17, 15) is 21.6 Å². The summed E-state index contributed by atoms with van der Waals surface area (Å²) < 4.78 is 61.8. The lowest BCUT2D eigenvalue weighted by atomic mass is 10.2. The van der Waals surface area contributed by atoms with E-state index in [1.165, 1.54) is 6.07 Å². The van der Waals surface area contributed by atoms with E-state index in [-0.39, 0.29) is 4.90 Å². The molecular weight excluding hydrogens is 267 g/mol. The van der Waals surface area contributed by atoms with E-state index >= 15 is 0 Å². The smallest absolute Gasteiger partial charge is 0.315 e. The third-order valence-corrected chi connectivity index (χ3v) is 5.13. The van der Waals surface area contributed by atoms with Gasteiger partial charge in [0.2, 0.25) is 0 Å². The molecule has 1 saturated heterocycles. The minimum atomic E-state index is -4.53. The molecule has 1 atom stereocenters. The van der Waals surface area contributed by atoms with Crippen LogP contribution >= 0.6 is 0 Å². The summed E-state index contributed by atoms with van der Waals surface area (Å²) in [4.78, 5) is -0.258. The summed E-state index contributed by atoms with van der Waals surface area (Å²) in [6, 6.07) is 3.90. The van der Waals surface area contributed by atoms with Gasteiger partial charge in [-0.3, -0.25) is 0 Å². The third kappa shape index (κ3) is 2.51. The maximum atomic E-state index is 12.5. The third-order valence-electron chi connectivity index (χ3n) is 2.94. The van der Waals surface area contributed by atoms with E-state index in [4.69, 9.17) is 0 Å². The molecule has 0 bridgehead atoms. The Balaban J connectivity index is 2.39. The SMILES string of the molecule is O=S(=O)(c1cccc(C(F)(F)F)c1)[C@H]1CCNC1. The molecule has 3 nitrogen and oxygen atoms in total. The van der Waals surface area contributed by atoms with E-state index in [0.29, 0.717) is 25.6 Å². The van der Waals surface area contributed by atoms with Crippen LogP contribution in [0.25, 0.3) is 0 Å². The van der Waals surface area contributed by atoms with Crippen molar-refractivity contribution in [3.63, 3.8) is 0 Å². The molecule has 1 aliphatic rings. The van der Waals surface area contributed by atoms with Gasteiger partial charge in [-0.2, -0.15) is 13.2 Å². The van der Waals surface area contributed by atoms with Crippen LogP contribution in [0.4, 0.5) is 13.2 Å². The topological polar surface area (TPSA) is 46.2 Å². The first-order valence-electron chi connectivity index (χ1n) is 5.44. The summed E-state index contributed by atoms with van der Waals surface area (Å²) in [7, 11) is -3.68. The number of hydrogen-bond donors (Lipinski definition) is 1. The van der Waals surface area contributed by atoms with Crippen molar-refractivity contribution < 1.29 is 21.6 Å². The molecule has 0 radical (unpaired) electrons. The maximum Gasteiger partial charge on any atom is 0.416 e. The van der Waals surface area contributed by atoms with Gasteiger partial charge < -0.3 is 5.32 Å². The first kappa shape index (κ1) is 13.4. The second-order valence-electron chi connectivity index (χ2n) is 4.19. The highest BCUT2D eigenvalue weighted by molar-refractivity contribution is 7.92. The van der Waals surface area contributed by atoms with E-state index in [2.05, 4.69) is 5.32 Å². The molecule has 7 heteroatoms. The normalized spacial score (nSPS) is 21.2. The van der Waals surface area contributed by atoms with Crippen LogP contribution in [0.1, 0.15) is 12.0 Å². The summed E-state index contributed by atoms with van der Waals surface area (Å²) in [6.45, 7) is 0.863. The fourth-order valence-corrected chi connectivity index (χ4v) is 3.64. The van der Waals surface area contributed by atoms with Gasteiger partial charge in [-0.15, -0.1) is 0 Å². The Morgan fingerprint density at radius 2 is 2.00 bits per heavy atom. The standard InChI is InChI=1S/C11H12F3NO2S/c12-11(13,14)8-2-1-3-9(6-8)18(16,17)10-4-5-15-7-10/h1-3,6,10,15H,4-5,7H2/t10-/m0/s1. The first-order chi connectivity index (χ1) is 8.32. The average molecular weight is 279 g/mol. The van der Waals surface area contributed by atoms with Crippen LogP contribution in [0.3, 0.4) is 0 Å². The van der Waals surface area contributed by atoms with Crippen LogP contribution in [0, 0.1) is 0 Å². The average Bonchev–Trinajstić information content (AvgIpc) is 2.82. The summed E-state index contributed by atoms with van der Waals surface area (Å²) in [5.41, 5.74) is -0.936. The van der Waals surface area contributed by atoms with Crippen LogP contribution in [0.5, 0.6) is 0 Å². The number of benzene rings is 1. The molecule has 0 aliphatic carbocycles. The highest BCUT2D eigenvalue weighted by Gasteiger charge is 2.34. The molecular formula is C11H12F3NO2S. The van der Waals surface area contributed by atoms with Gasteiger partial charge in [0, 0.05) is 6.54 Å². The van der Waals surface area contributed by atoms with Crippen molar-refractivity contribution in [2.45, 2.75) is 22.7 Å². The van der Waals surface area contributed by atoms with Crippen molar-refractivity contribution in [3.05, 3.63) is 29.8 Å². The Morgan fingerprint density at radius 3 is 2.56 bits per heavy atom. The van der Waals surface area contributed by atoms with Crippen molar-refractivity contribution in [1.29, 1.82) is 0 Å². The highest BCUT2D eigenvalue weighted by Crippen LogP contribution is 2.31. The van der Waals surface area contributed by atoms with Crippen LogP contribution < -0.4 is 5.32 Å². The number of hydrogen-bond acceptors (Lipinski definition) is 3. The first-order valence-corrected chi connectivity index (χ1v) is 6.98. The number of nitrogens with one attached hydrogen (secondary N) is 1. The molecule has 1 aromatic carbocycles. The van der Waals surface area contributed by atoms with Gasteiger partial charge in [-0.25, -0.2) is 8.42 Å². The van der Waals surface area contributed by atoms with Gasteiger partial charge in [0.1, 0.15) is 0 Å². The number of sulfone groups is 1. The predicted molar refractivity (Wildman–Crippen MR) is 59.9 cm³/mol. The second-order valence-corrected chi connectivity index (χ2v) is 6.41. The maximum absolute atomic E-state index is 12.5. The van der Waals surface area contributed by atoms with E-state index in [1.54, 1.807) is 0 Å². The lowest BCUT2D eigenvalue weighted by molar-refractivity contribution is -0.137. The zero-order valence-corrected chi connectivity index (χ0v) is 10.2. The van der Waals surface area contributed by atoms with Crippen molar-refractivity contribution >= 4 is 9.84 Å². The van der Waals surface area contributed by atoms with E-state index < -0.39 is 26.8 Å². The zero-order valence-electron chi connectivity index (χ0n) is 9.37. The highest BCUT2D eigenvalue weighted by atomic mass is 32.2. The fourth-order valence-electron chi connectivity index (χ4n) is 1.93. The minimum absolute atomic E-state index is 0.258. The van der Waals surface area contributed by atoms with Gasteiger partial charge in [0.25, 0.3) is 0 Å². The van der Waals surface area contributed by atoms with E-state index in [0.717, 1.165) is 12.1 Å². The molecule has 0 spiro atoms. The van der Waals surface area contributed by atoms with Crippen LogP contribution in [0.2, 0.25) is 0 Å². The van der Waals surface area contributed by atoms with Crippen molar-refractivity contribution in [2.24, 2.45) is 0 Å². The minimum Gasteiger partial charge on any atom is -0.315 e. The Morgan fingerprint density at radius 1 is 1.28 bits per heavy atom. The molecule has 0 unspecified atom stereocenters. The quantitative estimate of drug-likeness (QED) is 0.898. The molecule has 0 amide bonds. The molecule has 100 valence electrons. The Bertz CT molecular complexity index is 533. The van der Waals surface area contributed by atoms with Gasteiger partial charge in [-0.05, 0) is 31.2 Å². The summed E-state index contributed by atoms with van der Waals surface area (Å²) >= 11 is 0. The molecule has 1 aliphatic heterocycles. The fraction of sp³-hybridized carbons (Fsp3) is 0.455. The molecule has 1 fully saturated rings. The molecule has 1 heterocycles. The molecule has 1 N–H and O–H groups in total. The molecule has 0 saturated carbocycles. The monoisotopic (exact) mass is 279 g/mol. The van der Waals surface area contributed by atoms with Crippen molar-refractivity contribution in [3.8, 4) is 0 Å². The van der Waals surface area contributed by atoms with Crippen LogP contribution in [0.15, 0.2) is 29.2 Å². The number of halogens is 3. The van der Waals surface area contributed by atoms with Crippen LogP contribution in [-0.2, 0) is 16.0 Å². The molecule has 2 rings (SSSR count). The molecule has 0 aromatic heterocycles. The van der Waals surface area contributed by atoms with Gasteiger partial charge >= 0.3 is 6.18 Å². The second kappa shape index (κ2) is 4.55. The summed E-state index contributed by atoms with van der Waals surface area (Å²) in [5.74, 6) is 0. The molecule has 1 aromatic rings. The summed E-state index contributed by atoms with van der Waals surface area (Å²) in [5, 5.41) is 2.25. The Kier molecular flexibility index (Phi) is 3.37. The molecule has 18 heavy (non-hydrogen) atoms. The zero-order chi connectivity index (χ0) is 13.4. The van der Waals surface area contributed by atoms with Crippen molar-refractivity contribution in [2.75, 3.05) is 13.1 Å². The lowest BCUT2D eigenvalue weighted by Gasteiger charge is -2.12. The Hall–Kier alpha value is -1.08. The number of rotatable bonds is 2. The van der Waals surface area contributed by atoms with E-state index in [1.807, 2.05) is 0 Å². The van der Waals surface area contributed by atoms with Gasteiger partial charge in [0.05, 0.1) is 15.7 Å². The van der Waals surface area contributed by atoms with Gasteiger partial charge in [-0.1, -0.05) is 6.07 Å². The number of alkyl halides is 3. The van der Waals surface area contributed by atoms with Crippen LogP contribution in [-0.4, -0.2) is 26.8 Å². The Labute approximate surface area is 103 Å². The lowest BCUT2D eigenvalue weighted by Crippen LogP contribution is -2.24. The van der Waals surface area contributed by atoms with Gasteiger partial charge in [0.15, 0.2) is 9.84 Å². The largest absolute Gasteiger partial charge is 0.416 e. The predicted octanol–water partition coefficient (Wildman–Crippen LogP) is 1.84.